The average Bonchev–Trinajstić information content (AvgIpc) is 2.73. The number of hydrogen-bond donors (Lipinski definition) is 1. The van der Waals surface area contributed by atoms with Gasteiger partial charge in [0.2, 0.25) is 5.91 Å². The number of benzene rings is 1. The summed E-state index contributed by atoms with van der Waals surface area (Å²) in [6.07, 6.45) is 1.63. The summed E-state index contributed by atoms with van der Waals surface area (Å²) in [4.78, 5) is 31.8. The third-order valence-electron chi connectivity index (χ3n) is 5.34. The zero-order valence-corrected chi connectivity index (χ0v) is 17.6. The fourth-order valence-electron chi connectivity index (χ4n) is 3.69. The molecule has 1 aliphatic heterocycles. The number of nitrogens with one attached hydrogen (secondary N) is 1. The van der Waals surface area contributed by atoms with Crippen molar-refractivity contribution >= 4 is 17.5 Å². The van der Waals surface area contributed by atoms with E-state index < -0.39 is 0 Å². The molecule has 154 valence electrons. The first kappa shape index (κ1) is 20.8. The van der Waals surface area contributed by atoms with Gasteiger partial charge in [0.1, 0.15) is 5.75 Å². The zero-order chi connectivity index (χ0) is 21.0. The largest absolute Gasteiger partial charge is 0.497 e. The van der Waals surface area contributed by atoms with Gasteiger partial charge in [-0.1, -0.05) is 13.8 Å². The van der Waals surface area contributed by atoms with Gasteiger partial charge in [0.15, 0.2) is 0 Å². The number of hydrogen-bond acceptors (Lipinski definition) is 4. The van der Waals surface area contributed by atoms with Crippen LogP contribution in [0.25, 0.3) is 0 Å². The van der Waals surface area contributed by atoms with Crippen LogP contribution in [0.15, 0.2) is 36.4 Å². The Kier molecular flexibility index (Phi) is 6.52. The molecule has 3 rings (SSSR count). The first-order valence-corrected chi connectivity index (χ1v) is 10.1. The van der Waals surface area contributed by atoms with E-state index in [0.717, 1.165) is 30.0 Å². The Hall–Kier alpha value is -2.89. The normalized spacial score (nSPS) is 14.7. The summed E-state index contributed by atoms with van der Waals surface area (Å²) < 4.78 is 5.16. The summed E-state index contributed by atoms with van der Waals surface area (Å²) in [5.41, 5.74) is 3.02. The third-order valence-corrected chi connectivity index (χ3v) is 5.34. The van der Waals surface area contributed by atoms with Crippen molar-refractivity contribution in [2.45, 2.75) is 39.5 Å². The molecule has 0 radical (unpaired) electrons. The number of pyridine rings is 1. The second-order valence-corrected chi connectivity index (χ2v) is 7.82. The van der Waals surface area contributed by atoms with E-state index in [0.29, 0.717) is 24.3 Å². The molecule has 2 aromatic rings. The Morgan fingerprint density at radius 3 is 2.34 bits per heavy atom. The number of ether oxygens (including phenoxy) is 1. The van der Waals surface area contributed by atoms with Crippen LogP contribution in [0.5, 0.6) is 5.75 Å². The number of methoxy groups -OCH3 is 1. The van der Waals surface area contributed by atoms with E-state index in [4.69, 9.17) is 9.72 Å². The molecule has 6 heteroatoms. The lowest BCUT2D eigenvalue weighted by Crippen LogP contribution is -2.40. The Bertz CT molecular complexity index is 869. The quantitative estimate of drug-likeness (QED) is 0.830. The Morgan fingerprint density at radius 1 is 1.10 bits per heavy atom. The molecule has 0 unspecified atom stereocenters. The van der Waals surface area contributed by atoms with Crippen molar-refractivity contribution in [1.29, 1.82) is 0 Å². The van der Waals surface area contributed by atoms with Crippen molar-refractivity contribution in [3.8, 4) is 5.75 Å². The van der Waals surface area contributed by atoms with Crippen molar-refractivity contribution in [3.63, 3.8) is 0 Å². The van der Waals surface area contributed by atoms with E-state index in [2.05, 4.69) is 5.32 Å². The van der Waals surface area contributed by atoms with Crippen molar-refractivity contribution in [2.24, 2.45) is 5.92 Å². The number of piperidine rings is 1. The third kappa shape index (κ3) is 4.94. The summed E-state index contributed by atoms with van der Waals surface area (Å²) in [6, 6.07) is 11.0. The molecule has 6 nitrogen and oxygen atoms in total. The number of likely N-dealkylation sites (tertiary alicyclic amines) is 1. The maximum Gasteiger partial charge on any atom is 0.257 e. The van der Waals surface area contributed by atoms with E-state index in [-0.39, 0.29) is 23.7 Å². The smallest absolute Gasteiger partial charge is 0.257 e. The van der Waals surface area contributed by atoms with Gasteiger partial charge < -0.3 is 15.0 Å². The minimum atomic E-state index is -0.168. The number of amides is 2. The molecule has 1 aliphatic rings. The van der Waals surface area contributed by atoms with Crippen LogP contribution in [0.4, 0.5) is 5.69 Å². The number of rotatable bonds is 5. The molecular formula is C23H29N3O3. The molecule has 1 aromatic carbocycles. The van der Waals surface area contributed by atoms with Gasteiger partial charge in [0, 0.05) is 36.3 Å². The maximum atomic E-state index is 13.0. The predicted octanol–water partition coefficient (Wildman–Crippen LogP) is 4.01. The minimum absolute atomic E-state index is 0.00878. The van der Waals surface area contributed by atoms with Gasteiger partial charge >= 0.3 is 0 Å². The number of carbonyl (C=O) groups excluding carboxylic acids is 2. The van der Waals surface area contributed by atoms with Crippen molar-refractivity contribution in [1.82, 2.24) is 9.88 Å². The van der Waals surface area contributed by atoms with E-state index in [1.54, 1.807) is 7.11 Å². The minimum Gasteiger partial charge on any atom is -0.497 e. The Balaban J connectivity index is 1.75. The lowest BCUT2D eigenvalue weighted by molar-refractivity contribution is -0.135. The number of aromatic nitrogens is 1. The second-order valence-electron chi connectivity index (χ2n) is 7.82. The maximum absolute atomic E-state index is 13.0. The van der Waals surface area contributed by atoms with E-state index in [1.807, 2.05) is 62.1 Å². The standard InChI is InChI=1S/C23H29N3O3/c1-15(2)23(28)26-13-11-17(12-14-26)21-20(10-5-16(3)24-21)22(27)25-18-6-8-19(29-4)9-7-18/h5-10,15,17H,11-14H2,1-4H3,(H,25,27). The number of anilines is 1. The van der Waals surface area contributed by atoms with Crippen LogP contribution >= 0.6 is 0 Å². The molecule has 2 amide bonds. The topological polar surface area (TPSA) is 71.5 Å². The van der Waals surface area contributed by atoms with Crippen LogP contribution < -0.4 is 10.1 Å². The highest BCUT2D eigenvalue weighted by molar-refractivity contribution is 6.05. The van der Waals surface area contributed by atoms with Crippen LogP contribution in [0.3, 0.4) is 0 Å². The van der Waals surface area contributed by atoms with Gasteiger partial charge in [0.05, 0.1) is 18.4 Å². The first-order chi connectivity index (χ1) is 13.9. The van der Waals surface area contributed by atoms with Gasteiger partial charge in [-0.15, -0.1) is 0 Å². The van der Waals surface area contributed by atoms with Gasteiger partial charge in [0.25, 0.3) is 5.91 Å². The average molecular weight is 396 g/mol. The molecule has 0 aliphatic carbocycles. The molecule has 1 saturated heterocycles. The van der Waals surface area contributed by atoms with Gasteiger partial charge in [-0.25, -0.2) is 0 Å². The number of carbonyl (C=O) groups is 2. The Labute approximate surface area is 172 Å². The van der Waals surface area contributed by atoms with Crippen LogP contribution in [-0.2, 0) is 4.79 Å². The molecule has 1 fully saturated rings. The summed E-state index contributed by atoms with van der Waals surface area (Å²) in [6.45, 7) is 7.20. The van der Waals surface area contributed by atoms with Crippen LogP contribution in [0.2, 0.25) is 0 Å². The summed E-state index contributed by atoms with van der Waals surface area (Å²) in [5.74, 6) is 0.942. The first-order valence-electron chi connectivity index (χ1n) is 10.1. The van der Waals surface area contributed by atoms with Crippen LogP contribution in [-0.4, -0.2) is 41.9 Å². The number of aryl methyl sites for hydroxylation is 1. The van der Waals surface area contributed by atoms with Crippen LogP contribution in [0, 0.1) is 12.8 Å². The van der Waals surface area contributed by atoms with Crippen molar-refractivity contribution < 1.29 is 14.3 Å². The summed E-state index contributed by atoms with van der Waals surface area (Å²) in [7, 11) is 1.61. The molecule has 2 heterocycles. The summed E-state index contributed by atoms with van der Waals surface area (Å²) >= 11 is 0. The van der Waals surface area contributed by atoms with E-state index >= 15 is 0 Å². The molecule has 29 heavy (non-hydrogen) atoms. The van der Waals surface area contributed by atoms with Gasteiger partial charge in [-0.2, -0.15) is 0 Å². The molecule has 0 atom stereocenters. The van der Waals surface area contributed by atoms with E-state index in [9.17, 15) is 9.59 Å². The highest BCUT2D eigenvalue weighted by Gasteiger charge is 2.28. The molecule has 0 spiro atoms. The zero-order valence-electron chi connectivity index (χ0n) is 17.6. The van der Waals surface area contributed by atoms with Crippen molar-refractivity contribution in [2.75, 3.05) is 25.5 Å². The molecule has 1 aromatic heterocycles. The van der Waals surface area contributed by atoms with Crippen LogP contribution in [0.1, 0.15) is 54.4 Å². The second kappa shape index (κ2) is 9.07. The van der Waals surface area contributed by atoms with E-state index in [1.165, 1.54) is 0 Å². The van der Waals surface area contributed by atoms with Crippen molar-refractivity contribution in [3.05, 3.63) is 53.3 Å². The SMILES string of the molecule is COc1ccc(NC(=O)c2ccc(C)nc2C2CCN(C(=O)C(C)C)CC2)cc1. The predicted molar refractivity (Wildman–Crippen MR) is 113 cm³/mol. The highest BCUT2D eigenvalue weighted by atomic mass is 16.5. The highest BCUT2D eigenvalue weighted by Crippen LogP contribution is 2.30. The lowest BCUT2D eigenvalue weighted by Gasteiger charge is -2.33. The molecular weight excluding hydrogens is 366 g/mol. The fraction of sp³-hybridized carbons (Fsp3) is 0.435. The lowest BCUT2D eigenvalue weighted by atomic mass is 9.89. The molecule has 1 N–H and O–H groups in total. The Morgan fingerprint density at radius 2 is 1.76 bits per heavy atom. The van der Waals surface area contributed by atoms with Gasteiger partial charge in [-0.05, 0) is 56.2 Å². The van der Waals surface area contributed by atoms with Gasteiger partial charge in [-0.3, -0.25) is 14.6 Å². The summed E-state index contributed by atoms with van der Waals surface area (Å²) in [5, 5.41) is 2.95. The number of nitrogens with zero attached hydrogens (tertiary/aromatic N) is 2. The fourth-order valence-corrected chi connectivity index (χ4v) is 3.69. The molecule has 0 bridgehead atoms. The monoisotopic (exact) mass is 395 g/mol. The molecule has 0 saturated carbocycles.